The topological polar surface area (TPSA) is 41.5 Å². The van der Waals surface area contributed by atoms with Crippen LogP contribution in [0, 0.1) is 0 Å². The van der Waals surface area contributed by atoms with Gasteiger partial charge >= 0.3 is 6.18 Å². The third kappa shape index (κ3) is 3.21. The van der Waals surface area contributed by atoms with Crippen molar-refractivity contribution in [3.63, 3.8) is 0 Å². The molecule has 1 aromatic carbocycles. The van der Waals surface area contributed by atoms with Gasteiger partial charge in [-0.2, -0.15) is 17.4 Å². The SMILES string of the molecule is O=S=NNc1ccc(C(F)(F)F)cc1Cl. The molecule has 15 heavy (non-hydrogen) atoms. The molecule has 0 saturated heterocycles. The van der Waals surface area contributed by atoms with E-state index < -0.39 is 11.7 Å². The Bertz CT molecular complexity index is 417. The second-order valence-corrected chi connectivity index (χ2v) is 3.21. The van der Waals surface area contributed by atoms with Crippen LogP contribution in [0.2, 0.25) is 5.02 Å². The molecule has 1 N–H and O–H groups in total. The fraction of sp³-hybridized carbons (Fsp3) is 0.143. The number of hydrogen-bond acceptors (Lipinski definition) is 2. The van der Waals surface area contributed by atoms with Crippen molar-refractivity contribution in [2.45, 2.75) is 6.18 Å². The second kappa shape index (κ2) is 4.63. The molecule has 1 aromatic rings. The average Bonchev–Trinajstić information content (AvgIpc) is 2.14. The molecule has 0 radical (unpaired) electrons. The summed E-state index contributed by atoms with van der Waals surface area (Å²) in [5.74, 6) is 0. The maximum Gasteiger partial charge on any atom is 0.416 e. The van der Waals surface area contributed by atoms with Gasteiger partial charge in [0.05, 0.1) is 16.3 Å². The van der Waals surface area contributed by atoms with Crippen LogP contribution in [0.3, 0.4) is 0 Å². The molecular weight excluding hydrogens is 253 g/mol. The highest BCUT2D eigenvalue weighted by Crippen LogP contribution is 2.33. The highest BCUT2D eigenvalue weighted by atomic mass is 35.5. The van der Waals surface area contributed by atoms with Gasteiger partial charge < -0.3 is 0 Å². The predicted octanol–water partition coefficient (Wildman–Crippen LogP) is 3.08. The maximum atomic E-state index is 12.2. The summed E-state index contributed by atoms with van der Waals surface area (Å²) in [6.45, 7) is 0. The molecule has 0 aromatic heterocycles. The first-order valence-corrected chi connectivity index (χ1v) is 4.64. The zero-order chi connectivity index (χ0) is 11.5. The lowest BCUT2D eigenvalue weighted by molar-refractivity contribution is -0.137. The molecule has 82 valence electrons. The third-order valence-electron chi connectivity index (χ3n) is 1.50. The summed E-state index contributed by atoms with van der Waals surface area (Å²) in [6.07, 6.45) is -4.44. The number of halogens is 4. The standard InChI is InChI=1S/C7H4ClF3N2OS/c8-5-3-4(7(9,10)11)1-2-6(5)12-13-15-14/h1-3,12H. The molecule has 0 saturated carbocycles. The summed E-state index contributed by atoms with van der Waals surface area (Å²) in [5, 5.41) is -0.150. The van der Waals surface area contributed by atoms with Crippen molar-refractivity contribution in [1.29, 1.82) is 0 Å². The molecule has 0 amide bonds. The molecule has 0 atom stereocenters. The van der Waals surface area contributed by atoms with E-state index in [-0.39, 0.29) is 22.2 Å². The average molecular weight is 257 g/mol. The first-order chi connectivity index (χ1) is 6.95. The molecule has 0 unspecified atom stereocenters. The van der Waals surface area contributed by atoms with Crippen LogP contribution in [0.4, 0.5) is 18.9 Å². The van der Waals surface area contributed by atoms with Gasteiger partial charge in [-0.15, -0.1) is 0 Å². The second-order valence-electron chi connectivity index (χ2n) is 2.47. The molecule has 0 fully saturated rings. The summed E-state index contributed by atoms with van der Waals surface area (Å²) >= 11 is 5.44. The Morgan fingerprint density at radius 2 is 2.07 bits per heavy atom. The van der Waals surface area contributed by atoms with Gasteiger partial charge in [0.1, 0.15) is 0 Å². The third-order valence-corrected chi connectivity index (χ3v) is 1.98. The number of nitrogens with one attached hydrogen (secondary N) is 1. The lowest BCUT2D eigenvalue weighted by Crippen LogP contribution is -2.04. The van der Waals surface area contributed by atoms with Gasteiger partial charge in [0.2, 0.25) is 11.5 Å². The molecule has 0 aliphatic carbocycles. The van der Waals surface area contributed by atoms with Crippen LogP contribution in [-0.2, 0) is 17.6 Å². The lowest BCUT2D eigenvalue weighted by atomic mass is 10.2. The predicted molar refractivity (Wildman–Crippen MR) is 50.6 cm³/mol. The van der Waals surface area contributed by atoms with Crippen LogP contribution >= 0.6 is 11.6 Å². The number of benzene rings is 1. The van der Waals surface area contributed by atoms with Crippen molar-refractivity contribution in [2.24, 2.45) is 4.47 Å². The lowest BCUT2D eigenvalue weighted by Gasteiger charge is -2.08. The quantitative estimate of drug-likeness (QED) is 0.826. The van der Waals surface area contributed by atoms with E-state index in [9.17, 15) is 17.4 Å². The summed E-state index contributed by atoms with van der Waals surface area (Å²) in [7, 11) is 0. The van der Waals surface area contributed by atoms with Gasteiger partial charge in [0.25, 0.3) is 0 Å². The van der Waals surface area contributed by atoms with Crippen molar-refractivity contribution < 1.29 is 17.4 Å². The number of alkyl halides is 3. The first-order valence-electron chi connectivity index (χ1n) is 3.57. The maximum absolute atomic E-state index is 12.2. The molecule has 1 rings (SSSR count). The van der Waals surface area contributed by atoms with E-state index in [1.165, 1.54) is 0 Å². The summed E-state index contributed by atoms with van der Waals surface area (Å²) in [4.78, 5) is 0. The van der Waals surface area contributed by atoms with Crippen LogP contribution in [-0.4, -0.2) is 4.21 Å². The van der Waals surface area contributed by atoms with Gasteiger partial charge in [-0.3, -0.25) is 5.43 Å². The number of nitrogens with zero attached hydrogens (tertiary/aromatic N) is 1. The van der Waals surface area contributed by atoms with E-state index in [2.05, 4.69) is 9.90 Å². The zero-order valence-corrected chi connectivity index (χ0v) is 8.58. The molecular formula is C7H4ClF3N2OS. The smallest absolute Gasteiger partial charge is 0.264 e. The highest BCUT2D eigenvalue weighted by Gasteiger charge is 2.30. The van der Waals surface area contributed by atoms with Gasteiger partial charge in [0.15, 0.2) is 0 Å². The van der Waals surface area contributed by atoms with Crippen molar-refractivity contribution in [3.8, 4) is 0 Å². The molecule has 3 nitrogen and oxygen atoms in total. The molecule has 8 heteroatoms. The summed E-state index contributed by atoms with van der Waals surface area (Å²) in [5.41, 5.74) is 1.51. The van der Waals surface area contributed by atoms with E-state index >= 15 is 0 Å². The minimum Gasteiger partial charge on any atom is -0.264 e. The van der Waals surface area contributed by atoms with Crippen molar-refractivity contribution in [3.05, 3.63) is 28.8 Å². The molecule has 0 aliphatic rings. The Kier molecular flexibility index (Phi) is 3.70. The Labute approximate surface area is 91.5 Å². The first kappa shape index (κ1) is 12.0. The number of rotatable bonds is 2. The fourth-order valence-corrected chi connectivity index (χ4v) is 1.21. The number of hydrogen-bond donors (Lipinski definition) is 1. The van der Waals surface area contributed by atoms with E-state index in [1.54, 1.807) is 0 Å². The molecule has 0 spiro atoms. The van der Waals surface area contributed by atoms with Crippen molar-refractivity contribution in [2.75, 3.05) is 5.43 Å². The minimum absolute atomic E-state index is 0.102. The van der Waals surface area contributed by atoms with Crippen molar-refractivity contribution in [1.82, 2.24) is 0 Å². The van der Waals surface area contributed by atoms with Gasteiger partial charge in [-0.1, -0.05) is 16.1 Å². The molecule has 0 bridgehead atoms. The van der Waals surface area contributed by atoms with Crippen LogP contribution in [0.25, 0.3) is 0 Å². The van der Waals surface area contributed by atoms with Crippen LogP contribution in [0.15, 0.2) is 22.7 Å². The normalized spacial score (nSPS) is 10.9. The van der Waals surface area contributed by atoms with Gasteiger partial charge in [-0.25, -0.2) is 0 Å². The Hall–Kier alpha value is -1.08. The molecule has 0 aliphatic heterocycles. The Morgan fingerprint density at radius 1 is 1.40 bits per heavy atom. The summed E-state index contributed by atoms with van der Waals surface area (Å²) < 4.78 is 49.6. The minimum atomic E-state index is -4.44. The van der Waals surface area contributed by atoms with E-state index in [0.29, 0.717) is 0 Å². The van der Waals surface area contributed by atoms with E-state index in [4.69, 9.17) is 11.6 Å². The largest absolute Gasteiger partial charge is 0.416 e. The Balaban J connectivity index is 3.03. The van der Waals surface area contributed by atoms with E-state index in [1.807, 2.05) is 0 Å². The van der Waals surface area contributed by atoms with Crippen LogP contribution in [0.1, 0.15) is 5.56 Å². The molecule has 0 heterocycles. The van der Waals surface area contributed by atoms with Gasteiger partial charge in [-0.05, 0) is 18.2 Å². The zero-order valence-electron chi connectivity index (χ0n) is 7.01. The van der Waals surface area contributed by atoms with Crippen LogP contribution in [0.5, 0.6) is 0 Å². The highest BCUT2D eigenvalue weighted by molar-refractivity contribution is 7.54. The summed E-state index contributed by atoms with van der Waals surface area (Å²) in [6, 6.07) is 2.71. The van der Waals surface area contributed by atoms with Gasteiger partial charge in [0, 0.05) is 0 Å². The monoisotopic (exact) mass is 256 g/mol. The van der Waals surface area contributed by atoms with Crippen LogP contribution < -0.4 is 5.43 Å². The van der Waals surface area contributed by atoms with Crippen molar-refractivity contribution >= 4 is 28.8 Å². The Morgan fingerprint density at radius 3 is 2.53 bits per heavy atom. The fourth-order valence-electron chi connectivity index (χ4n) is 0.850. The van der Waals surface area contributed by atoms with E-state index in [0.717, 1.165) is 18.2 Å². The number of anilines is 1.